The van der Waals surface area contributed by atoms with Crippen LogP contribution in [0, 0.1) is 43.4 Å². The number of ether oxygens (including phenoxy) is 1. The first-order valence-electron chi connectivity index (χ1n) is 14.6. The van der Waals surface area contributed by atoms with E-state index in [1.165, 1.54) is 21.8 Å². The van der Waals surface area contributed by atoms with Gasteiger partial charge >= 0.3 is 4.87 Å². The number of nitrogens with zero attached hydrogens (tertiary/aromatic N) is 1. The third-order valence-electron chi connectivity index (χ3n) is 9.80. The average Bonchev–Trinajstić information content (AvgIpc) is 3.72. The molecule has 1 N–H and O–H groups in total. The summed E-state index contributed by atoms with van der Waals surface area (Å²) in [7, 11) is 0. The Morgan fingerprint density at radius 1 is 0.930 bits per heavy atom. The Labute approximate surface area is 262 Å². The van der Waals surface area contributed by atoms with Gasteiger partial charge in [-0.2, -0.15) is 0 Å². The third-order valence-corrected chi connectivity index (χ3v) is 12.6. The Balaban J connectivity index is 1.20. The van der Waals surface area contributed by atoms with E-state index >= 15 is 0 Å². The second-order valence-electron chi connectivity index (χ2n) is 12.3. The Bertz CT molecular complexity index is 1850. The molecule has 1 aromatic heterocycles. The van der Waals surface area contributed by atoms with E-state index in [4.69, 9.17) is 16.3 Å². The summed E-state index contributed by atoms with van der Waals surface area (Å²) in [5.74, 6) is -0.214. The van der Waals surface area contributed by atoms with Crippen molar-refractivity contribution in [1.82, 2.24) is 4.98 Å². The zero-order valence-electron chi connectivity index (χ0n) is 23.6. The predicted octanol–water partition coefficient (Wildman–Crippen LogP) is 6.96. The molecule has 2 bridgehead atoms. The molecule has 9 heteroatoms. The molecule has 4 aliphatic rings. The minimum Gasteiger partial charge on any atom is -0.489 e. The molecule has 6 unspecified atom stereocenters. The summed E-state index contributed by atoms with van der Waals surface area (Å²) in [6.07, 6.45) is 0.826. The van der Waals surface area contributed by atoms with Gasteiger partial charge in [-0.15, -0.1) is 11.8 Å². The summed E-state index contributed by atoms with van der Waals surface area (Å²) in [6, 6.07) is 21.6. The number of nitrogens with one attached hydrogen (secondary N) is 1. The van der Waals surface area contributed by atoms with Crippen LogP contribution in [0.4, 0.5) is 5.69 Å². The summed E-state index contributed by atoms with van der Waals surface area (Å²) in [5, 5.41) is 1.55. The van der Waals surface area contributed by atoms with Crippen LogP contribution >= 0.6 is 34.7 Å². The first-order valence-corrected chi connectivity index (χ1v) is 16.7. The number of aryl methyl sites for hydroxylation is 2. The number of imide groups is 1. The number of anilines is 1. The number of aromatic nitrogens is 1. The van der Waals surface area contributed by atoms with Crippen LogP contribution in [0.2, 0.25) is 5.02 Å². The van der Waals surface area contributed by atoms with Gasteiger partial charge in [0, 0.05) is 26.6 Å². The van der Waals surface area contributed by atoms with Crippen molar-refractivity contribution in [1.29, 1.82) is 0 Å². The molecule has 2 aliphatic heterocycles. The largest absolute Gasteiger partial charge is 0.489 e. The zero-order valence-corrected chi connectivity index (χ0v) is 26.0. The first-order chi connectivity index (χ1) is 20.8. The molecule has 2 aliphatic carbocycles. The number of carbonyl (C=O) groups is 2. The standard InChI is InChI=1S/C34H29ClN2O4S2/c1-16-6-9-20(10-7-16)37-32(38)27-22-14-23(28(27)33(37)39)29-26(22)25(30-31(42-29)36-34(40)43-30)21-13-19(35)8-11-24(21)41-15-18-5-3-4-17(2)12-18/h3-13,22-23,25-29H,14-15H2,1-2H3,(H,36,40)/t22?,23?,25-,26?,27?,28?,29?/m1/s1. The van der Waals surface area contributed by atoms with E-state index in [9.17, 15) is 14.4 Å². The van der Waals surface area contributed by atoms with Crippen LogP contribution in [-0.4, -0.2) is 22.0 Å². The highest BCUT2D eigenvalue weighted by molar-refractivity contribution is 8.00. The van der Waals surface area contributed by atoms with Crippen LogP contribution in [0.15, 0.2) is 76.6 Å². The van der Waals surface area contributed by atoms with Gasteiger partial charge in [0.1, 0.15) is 12.4 Å². The highest BCUT2D eigenvalue weighted by Gasteiger charge is 2.69. The number of amides is 2. The Hall–Kier alpha value is -3.33. The number of hydrogen-bond acceptors (Lipinski definition) is 6. The summed E-state index contributed by atoms with van der Waals surface area (Å²) in [6.45, 7) is 4.45. The Morgan fingerprint density at radius 2 is 1.70 bits per heavy atom. The molecule has 8 rings (SSSR count). The molecule has 3 fully saturated rings. The van der Waals surface area contributed by atoms with Gasteiger partial charge in [-0.05, 0) is 73.9 Å². The number of aromatic amines is 1. The highest BCUT2D eigenvalue weighted by atomic mass is 35.5. The van der Waals surface area contributed by atoms with Gasteiger partial charge in [-0.3, -0.25) is 19.3 Å². The van der Waals surface area contributed by atoms with Crippen LogP contribution in [0.25, 0.3) is 0 Å². The number of fused-ring (bicyclic) bond motifs is 9. The quantitative estimate of drug-likeness (QED) is 0.242. The predicted molar refractivity (Wildman–Crippen MR) is 169 cm³/mol. The molecule has 3 heterocycles. The number of hydrogen-bond donors (Lipinski definition) is 1. The van der Waals surface area contributed by atoms with Gasteiger partial charge in [0.15, 0.2) is 0 Å². The maximum absolute atomic E-state index is 14.0. The summed E-state index contributed by atoms with van der Waals surface area (Å²) < 4.78 is 6.47. The number of rotatable bonds is 5. The highest BCUT2D eigenvalue weighted by Crippen LogP contribution is 2.69. The number of H-pyrrole nitrogens is 1. The molecule has 2 amide bonds. The van der Waals surface area contributed by atoms with Gasteiger partial charge in [-0.1, -0.05) is 70.5 Å². The van der Waals surface area contributed by atoms with Crippen molar-refractivity contribution in [3.05, 3.63) is 109 Å². The van der Waals surface area contributed by atoms with Crippen LogP contribution < -0.4 is 14.5 Å². The van der Waals surface area contributed by atoms with E-state index in [1.807, 2.05) is 61.5 Å². The normalized spacial score (nSPS) is 28.6. The lowest BCUT2D eigenvalue weighted by Gasteiger charge is -2.43. The zero-order chi connectivity index (χ0) is 29.6. The lowest BCUT2D eigenvalue weighted by molar-refractivity contribution is -0.123. The number of thioether (sulfide) groups is 1. The minimum atomic E-state index is -0.365. The van der Waals surface area contributed by atoms with Crippen LogP contribution in [0.1, 0.15) is 39.5 Å². The fraction of sp³-hybridized carbons (Fsp3) is 0.324. The van der Waals surface area contributed by atoms with Crippen LogP contribution in [0.3, 0.4) is 0 Å². The molecular weight excluding hydrogens is 600 g/mol. The second-order valence-corrected chi connectivity index (χ2v) is 14.9. The SMILES string of the molecule is Cc1ccc(N2C(=O)C3C4CC(C3C2=O)C2C4Sc3[nH]c(=O)sc3[C@@H]2c2cc(Cl)ccc2OCc2cccc(C)c2)cc1. The average molecular weight is 629 g/mol. The van der Waals surface area contributed by atoms with Crippen molar-refractivity contribution >= 4 is 52.2 Å². The summed E-state index contributed by atoms with van der Waals surface area (Å²) >= 11 is 9.54. The van der Waals surface area contributed by atoms with Gasteiger partial charge in [0.05, 0.1) is 22.5 Å². The molecule has 6 nitrogen and oxygen atoms in total. The van der Waals surface area contributed by atoms with E-state index < -0.39 is 0 Å². The maximum atomic E-state index is 14.0. The molecule has 1 saturated heterocycles. The van der Waals surface area contributed by atoms with Gasteiger partial charge in [0.25, 0.3) is 0 Å². The smallest absolute Gasteiger partial charge is 0.305 e. The molecule has 3 aromatic carbocycles. The van der Waals surface area contributed by atoms with Gasteiger partial charge in [0.2, 0.25) is 11.8 Å². The molecule has 0 radical (unpaired) electrons. The topological polar surface area (TPSA) is 79.5 Å². The maximum Gasteiger partial charge on any atom is 0.305 e. The monoisotopic (exact) mass is 628 g/mol. The van der Waals surface area contributed by atoms with Crippen molar-refractivity contribution in [2.45, 2.75) is 43.1 Å². The van der Waals surface area contributed by atoms with Gasteiger partial charge < -0.3 is 9.72 Å². The molecule has 43 heavy (non-hydrogen) atoms. The summed E-state index contributed by atoms with van der Waals surface area (Å²) in [4.78, 5) is 46.0. The number of halogens is 1. The molecule has 7 atom stereocenters. The Morgan fingerprint density at radius 3 is 2.47 bits per heavy atom. The van der Waals surface area contributed by atoms with Crippen molar-refractivity contribution in [3.8, 4) is 5.75 Å². The molecule has 4 aromatic rings. The van der Waals surface area contributed by atoms with E-state index in [0.29, 0.717) is 17.3 Å². The van der Waals surface area contributed by atoms with E-state index in [2.05, 4.69) is 24.0 Å². The minimum absolute atomic E-state index is 0.0124. The molecular formula is C34H29ClN2O4S2. The Kier molecular flexibility index (Phi) is 6.40. The first kappa shape index (κ1) is 27.2. The molecule has 2 saturated carbocycles. The lowest BCUT2D eigenvalue weighted by Crippen LogP contribution is -2.42. The van der Waals surface area contributed by atoms with E-state index in [1.54, 1.807) is 11.8 Å². The molecule has 0 spiro atoms. The number of carbonyl (C=O) groups excluding carboxylic acids is 2. The van der Waals surface area contributed by atoms with Crippen LogP contribution in [-0.2, 0) is 16.2 Å². The lowest BCUT2D eigenvalue weighted by atomic mass is 9.68. The number of thiazole rings is 1. The fourth-order valence-corrected chi connectivity index (χ4v) is 11.2. The van der Waals surface area contributed by atoms with Gasteiger partial charge in [-0.25, -0.2) is 0 Å². The van der Waals surface area contributed by atoms with Crippen LogP contribution in [0.5, 0.6) is 5.75 Å². The molecule has 218 valence electrons. The fourth-order valence-electron chi connectivity index (χ4n) is 8.17. The van der Waals surface area contributed by atoms with Crippen molar-refractivity contribution < 1.29 is 14.3 Å². The third kappa shape index (κ3) is 4.25. The number of benzene rings is 3. The van der Waals surface area contributed by atoms with E-state index in [0.717, 1.165) is 38.8 Å². The van der Waals surface area contributed by atoms with Crippen molar-refractivity contribution in [2.75, 3.05) is 4.90 Å². The van der Waals surface area contributed by atoms with Crippen molar-refractivity contribution in [2.24, 2.45) is 29.6 Å². The van der Waals surface area contributed by atoms with Crippen molar-refractivity contribution in [3.63, 3.8) is 0 Å². The summed E-state index contributed by atoms with van der Waals surface area (Å²) in [5.41, 5.74) is 4.89. The van der Waals surface area contributed by atoms with E-state index in [-0.39, 0.29) is 57.4 Å². The second kappa shape index (κ2) is 10.1.